The van der Waals surface area contributed by atoms with Gasteiger partial charge in [-0.3, -0.25) is 0 Å². The number of thiophene rings is 1. The lowest BCUT2D eigenvalue weighted by molar-refractivity contribution is 0.297. The van der Waals surface area contributed by atoms with Crippen molar-refractivity contribution in [3.05, 3.63) is 46.2 Å². The van der Waals surface area contributed by atoms with Crippen LogP contribution in [0.1, 0.15) is 37.4 Å². The number of hydrogen-bond acceptors (Lipinski definition) is 4. The Morgan fingerprint density at radius 3 is 2.81 bits per heavy atom. The van der Waals surface area contributed by atoms with Crippen LogP contribution >= 0.6 is 11.3 Å². The van der Waals surface area contributed by atoms with Crippen LogP contribution < -0.4 is 14.8 Å². The van der Waals surface area contributed by atoms with Crippen LogP contribution in [0.15, 0.2) is 35.0 Å². The fraction of sp³-hybridized carbons (Fsp3) is 0.412. The molecule has 0 amide bonds. The maximum atomic E-state index is 6.01. The van der Waals surface area contributed by atoms with Crippen LogP contribution in [0.3, 0.4) is 0 Å². The second-order valence-electron chi connectivity index (χ2n) is 5.00. The topological polar surface area (TPSA) is 30.5 Å². The Bertz CT molecular complexity index is 540. The van der Waals surface area contributed by atoms with E-state index in [1.165, 1.54) is 11.1 Å². The van der Waals surface area contributed by atoms with Crippen LogP contribution in [0.2, 0.25) is 0 Å². The quantitative estimate of drug-likeness (QED) is 0.784. The highest BCUT2D eigenvalue weighted by molar-refractivity contribution is 7.07. The van der Waals surface area contributed by atoms with Gasteiger partial charge in [-0.05, 0) is 48.3 Å². The highest BCUT2D eigenvalue weighted by Crippen LogP contribution is 2.30. The molecule has 0 spiro atoms. The summed E-state index contributed by atoms with van der Waals surface area (Å²) in [5.74, 6) is 1.71. The summed E-state index contributed by atoms with van der Waals surface area (Å²) in [5, 5.41) is 7.68. The van der Waals surface area contributed by atoms with E-state index in [9.17, 15) is 0 Å². The van der Waals surface area contributed by atoms with Crippen molar-refractivity contribution in [3.8, 4) is 11.5 Å². The van der Waals surface area contributed by atoms with Crippen LogP contribution in [0.25, 0.3) is 0 Å². The van der Waals surface area contributed by atoms with E-state index in [0.717, 1.165) is 24.5 Å². The zero-order chi connectivity index (χ0) is 15.1. The molecule has 4 heteroatoms. The summed E-state index contributed by atoms with van der Waals surface area (Å²) in [6, 6.07) is 8.37. The van der Waals surface area contributed by atoms with Gasteiger partial charge in [0.1, 0.15) is 18.1 Å². The molecule has 21 heavy (non-hydrogen) atoms. The molecule has 3 nitrogen and oxygen atoms in total. The molecule has 0 saturated heterocycles. The van der Waals surface area contributed by atoms with Crippen molar-refractivity contribution in [2.45, 2.75) is 32.9 Å². The third-order valence-electron chi connectivity index (χ3n) is 3.36. The number of methoxy groups -OCH3 is 1. The van der Waals surface area contributed by atoms with Gasteiger partial charge in [-0.2, -0.15) is 11.3 Å². The largest absolute Gasteiger partial charge is 0.497 e. The molecule has 0 saturated carbocycles. The summed E-state index contributed by atoms with van der Waals surface area (Å²) in [6.07, 6.45) is 1.12. The maximum Gasteiger partial charge on any atom is 0.128 e. The van der Waals surface area contributed by atoms with Gasteiger partial charge in [-0.1, -0.05) is 13.0 Å². The third kappa shape index (κ3) is 4.48. The third-order valence-corrected chi connectivity index (χ3v) is 4.09. The van der Waals surface area contributed by atoms with Gasteiger partial charge in [0.25, 0.3) is 0 Å². The highest BCUT2D eigenvalue weighted by atomic mass is 32.1. The SMILES string of the molecule is CCCNC(C)c1ccc(OC)cc1OCc1ccsc1. The Hall–Kier alpha value is -1.52. The predicted octanol–water partition coefficient (Wildman–Crippen LogP) is 4.40. The van der Waals surface area contributed by atoms with Gasteiger partial charge in [-0.15, -0.1) is 0 Å². The molecule has 1 aromatic carbocycles. The second kappa shape index (κ2) is 8.05. The Morgan fingerprint density at radius 2 is 2.14 bits per heavy atom. The van der Waals surface area contributed by atoms with Crippen molar-refractivity contribution >= 4 is 11.3 Å². The Kier molecular flexibility index (Phi) is 6.08. The highest BCUT2D eigenvalue weighted by Gasteiger charge is 2.12. The molecule has 1 aromatic heterocycles. The maximum absolute atomic E-state index is 6.01. The van der Waals surface area contributed by atoms with Crippen molar-refractivity contribution < 1.29 is 9.47 Å². The summed E-state index contributed by atoms with van der Waals surface area (Å²) in [4.78, 5) is 0. The van der Waals surface area contributed by atoms with E-state index in [-0.39, 0.29) is 6.04 Å². The van der Waals surface area contributed by atoms with E-state index < -0.39 is 0 Å². The summed E-state index contributed by atoms with van der Waals surface area (Å²) in [7, 11) is 1.68. The van der Waals surface area contributed by atoms with E-state index in [1.807, 2.05) is 12.1 Å². The molecule has 0 aliphatic carbocycles. The summed E-state index contributed by atoms with van der Waals surface area (Å²) >= 11 is 1.69. The van der Waals surface area contributed by atoms with Crippen molar-refractivity contribution in [1.29, 1.82) is 0 Å². The minimum absolute atomic E-state index is 0.258. The van der Waals surface area contributed by atoms with Gasteiger partial charge in [-0.25, -0.2) is 0 Å². The number of benzene rings is 1. The molecule has 0 aliphatic rings. The Balaban J connectivity index is 2.14. The van der Waals surface area contributed by atoms with Crippen molar-refractivity contribution in [2.24, 2.45) is 0 Å². The normalized spacial score (nSPS) is 12.1. The number of ether oxygens (including phenoxy) is 2. The molecule has 1 N–H and O–H groups in total. The van der Waals surface area contributed by atoms with Crippen molar-refractivity contribution in [1.82, 2.24) is 5.32 Å². The number of rotatable bonds is 8. The van der Waals surface area contributed by atoms with Crippen LogP contribution in [-0.4, -0.2) is 13.7 Å². The fourth-order valence-corrected chi connectivity index (χ4v) is 2.78. The molecule has 1 unspecified atom stereocenters. The van der Waals surface area contributed by atoms with Crippen molar-refractivity contribution in [3.63, 3.8) is 0 Å². The number of nitrogens with one attached hydrogen (secondary N) is 1. The van der Waals surface area contributed by atoms with Crippen LogP contribution in [0.4, 0.5) is 0 Å². The fourth-order valence-electron chi connectivity index (χ4n) is 2.13. The van der Waals surface area contributed by atoms with Crippen LogP contribution in [0.5, 0.6) is 11.5 Å². The van der Waals surface area contributed by atoms with Gasteiger partial charge in [0.2, 0.25) is 0 Å². The minimum atomic E-state index is 0.258. The lowest BCUT2D eigenvalue weighted by Gasteiger charge is -2.19. The molecular weight excluding hydrogens is 282 g/mol. The molecule has 1 heterocycles. The molecule has 2 aromatic rings. The monoisotopic (exact) mass is 305 g/mol. The summed E-state index contributed by atoms with van der Waals surface area (Å²) in [5.41, 5.74) is 2.36. The van der Waals surface area contributed by atoms with E-state index >= 15 is 0 Å². The van der Waals surface area contributed by atoms with E-state index in [1.54, 1.807) is 18.4 Å². The number of hydrogen-bond donors (Lipinski definition) is 1. The molecule has 0 fully saturated rings. The first-order valence-corrected chi connectivity index (χ1v) is 8.24. The van der Waals surface area contributed by atoms with Gasteiger partial charge < -0.3 is 14.8 Å². The smallest absolute Gasteiger partial charge is 0.128 e. The molecule has 0 radical (unpaired) electrons. The average molecular weight is 305 g/mol. The second-order valence-corrected chi connectivity index (χ2v) is 5.78. The molecule has 0 aliphatic heterocycles. The lowest BCUT2D eigenvalue weighted by Crippen LogP contribution is -2.20. The first-order valence-electron chi connectivity index (χ1n) is 7.29. The van der Waals surface area contributed by atoms with E-state index in [4.69, 9.17) is 9.47 Å². The zero-order valence-electron chi connectivity index (χ0n) is 12.9. The molecule has 1 atom stereocenters. The minimum Gasteiger partial charge on any atom is -0.497 e. The summed E-state index contributed by atoms with van der Waals surface area (Å²) in [6.45, 7) is 5.91. The molecule has 114 valence electrons. The first-order chi connectivity index (χ1) is 10.2. The predicted molar refractivity (Wildman–Crippen MR) is 88.4 cm³/mol. The van der Waals surface area contributed by atoms with Gasteiger partial charge in [0.15, 0.2) is 0 Å². The summed E-state index contributed by atoms with van der Waals surface area (Å²) < 4.78 is 11.3. The van der Waals surface area contributed by atoms with E-state index in [2.05, 4.69) is 42.1 Å². The molecule has 0 bridgehead atoms. The van der Waals surface area contributed by atoms with Crippen LogP contribution in [0, 0.1) is 0 Å². The average Bonchev–Trinajstić information content (AvgIpc) is 3.03. The Morgan fingerprint density at radius 1 is 1.29 bits per heavy atom. The first kappa shape index (κ1) is 15.9. The standard InChI is InChI=1S/C17H23NO2S/c1-4-8-18-13(2)16-6-5-15(19-3)10-17(16)20-11-14-7-9-21-12-14/h5-7,9-10,12-13,18H,4,8,11H2,1-3H3. The van der Waals surface area contributed by atoms with Crippen molar-refractivity contribution in [2.75, 3.05) is 13.7 Å². The van der Waals surface area contributed by atoms with Gasteiger partial charge >= 0.3 is 0 Å². The van der Waals surface area contributed by atoms with Gasteiger partial charge in [0, 0.05) is 17.7 Å². The zero-order valence-corrected chi connectivity index (χ0v) is 13.7. The van der Waals surface area contributed by atoms with Gasteiger partial charge in [0.05, 0.1) is 7.11 Å². The molecular formula is C17H23NO2S. The molecule has 2 rings (SSSR count). The Labute approximate surface area is 130 Å². The van der Waals surface area contributed by atoms with E-state index in [0.29, 0.717) is 6.61 Å². The lowest BCUT2D eigenvalue weighted by atomic mass is 10.1. The van der Waals surface area contributed by atoms with Crippen LogP contribution in [-0.2, 0) is 6.61 Å².